The Hall–Kier alpha value is 0. The SMILES string of the molecule is CCCC(CCCC(C[C@@H](C)[C@@H]1CCCC(C(C)(C)C)C1)C1CC1)CC(C)C1CCC2(CC1)CCC(C1CCCCC1)CC2. The summed E-state index contributed by atoms with van der Waals surface area (Å²) >= 11 is 0. The minimum absolute atomic E-state index is 0.506. The van der Waals surface area contributed by atoms with Gasteiger partial charge in [0.05, 0.1) is 0 Å². The van der Waals surface area contributed by atoms with Crippen molar-refractivity contribution in [3.63, 3.8) is 0 Å². The lowest BCUT2D eigenvalue weighted by Gasteiger charge is -2.48. The quantitative estimate of drug-likeness (QED) is 0.184. The van der Waals surface area contributed by atoms with Crippen molar-refractivity contribution in [1.82, 2.24) is 0 Å². The molecule has 0 aromatic rings. The molecule has 0 aromatic heterocycles. The van der Waals surface area contributed by atoms with Crippen LogP contribution in [0.5, 0.6) is 0 Å². The third-order valence-corrected chi connectivity index (χ3v) is 15.6. The van der Waals surface area contributed by atoms with E-state index in [0.29, 0.717) is 5.41 Å². The molecule has 0 bridgehead atoms. The van der Waals surface area contributed by atoms with Crippen molar-refractivity contribution in [2.24, 2.45) is 70.0 Å². The topological polar surface area (TPSA) is 0 Å². The molecule has 5 aliphatic rings. The summed E-state index contributed by atoms with van der Waals surface area (Å²) in [6.07, 6.45) is 40.0. The molecule has 0 N–H and O–H groups in total. The first-order valence-electron chi connectivity index (χ1n) is 21.2. The summed E-state index contributed by atoms with van der Waals surface area (Å²) < 4.78 is 0. The van der Waals surface area contributed by atoms with Gasteiger partial charge in [-0.05, 0) is 160 Å². The summed E-state index contributed by atoms with van der Waals surface area (Å²) in [5, 5.41) is 0. The molecule has 5 fully saturated rings. The van der Waals surface area contributed by atoms with Crippen LogP contribution in [-0.2, 0) is 0 Å². The smallest absolute Gasteiger partial charge is 0.0297 e. The highest BCUT2D eigenvalue weighted by molar-refractivity contribution is 4.93. The Morgan fingerprint density at radius 2 is 1.23 bits per heavy atom. The Labute approximate surface area is 277 Å². The molecule has 256 valence electrons. The van der Waals surface area contributed by atoms with Crippen LogP contribution >= 0.6 is 0 Å². The van der Waals surface area contributed by atoms with Crippen LogP contribution in [0.3, 0.4) is 0 Å². The molecule has 44 heavy (non-hydrogen) atoms. The third-order valence-electron chi connectivity index (χ3n) is 15.6. The van der Waals surface area contributed by atoms with Gasteiger partial charge >= 0.3 is 0 Å². The van der Waals surface area contributed by atoms with E-state index in [2.05, 4.69) is 41.5 Å². The molecule has 0 heterocycles. The standard InChI is InChI=1S/C44H80/c1-7-13-35(14-11-18-41(38-20-21-38)31-34(3)40-17-12-19-42(32-40)43(4,5)6)30-33(2)36-22-26-44(27-23-36)28-24-39(25-29-44)37-15-9-8-10-16-37/h33-42H,7-32H2,1-6H3/t33?,34-,35?,36?,39?,40-,41?,42?,44?/m1/s1. The third kappa shape index (κ3) is 10.0. The first-order chi connectivity index (χ1) is 21.2. The molecule has 0 amide bonds. The molecule has 0 nitrogen and oxygen atoms in total. The first kappa shape index (κ1) is 35.3. The van der Waals surface area contributed by atoms with Crippen LogP contribution < -0.4 is 0 Å². The van der Waals surface area contributed by atoms with Gasteiger partial charge in [-0.25, -0.2) is 0 Å². The van der Waals surface area contributed by atoms with Gasteiger partial charge in [-0.15, -0.1) is 0 Å². The fourth-order valence-electron chi connectivity index (χ4n) is 12.1. The molecule has 5 rings (SSSR count). The van der Waals surface area contributed by atoms with Gasteiger partial charge in [-0.1, -0.05) is 119 Å². The summed E-state index contributed by atoms with van der Waals surface area (Å²) in [5.41, 5.74) is 1.27. The second-order valence-electron chi connectivity index (χ2n) is 19.7. The molecule has 5 aliphatic carbocycles. The second-order valence-corrected chi connectivity index (χ2v) is 19.7. The summed E-state index contributed by atoms with van der Waals surface area (Å²) in [7, 11) is 0. The number of hydrogen-bond acceptors (Lipinski definition) is 0. The van der Waals surface area contributed by atoms with Crippen molar-refractivity contribution in [3.8, 4) is 0 Å². The van der Waals surface area contributed by atoms with Gasteiger partial charge < -0.3 is 0 Å². The second kappa shape index (κ2) is 16.4. The minimum atomic E-state index is 0.506. The zero-order valence-electron chi connectivity index (χ0n) is 31.2. The molecular formula is C44H80. The molecule has 1 spiro atoms. The van der Waals surface area contributed by atoms with Crippen LogP contribution in [-0.4, -0.2) is 0 Å². The van der Waals surface area contributed by atoms with Crippen LogP contribution in [0.2, 0.25) is 0 Å². The van der Waals surface area contributed by atoms with Crippen LogP contribution in [0.15, 0.2) is 0 Å². The average Bonchev–Trinajstić information content (AvgIpc) is 3.87. The Morgan fingerprint density at radius 1 is 0.591 bits per heavy atom. The van der Waals surface area contributed by atoms with Gasteiger partial charge in [0.25, 0.3) is 0 Å². The zero-order chi connectivity index (χ0) is 31.2. The Kier molecular flexibility index (Phi) is 13.2. The van der Waals surface area contributed by atoms with Crippen molar-refractivity contribution in [2.45, 2.75) is 208 Å². The predicted molar refractivity (Wildman–Crippen MR) is 194 cm³/mol. The van der Waals surface area contributed by atoms with E-state index in [1.807, 2.05) is 0 Å². The molecule has 0 saturated heterocycles. The highest BCUT2D eigenvalue weighted by atomic mass is 14.5. The molecule has 5 saturated carbocycles. The summed E-state index contributed by atoms with van der Waals surface area (Å²) in [4.78, 5) is 0. The highest BCUT2D eigenvalue weighted by Gasteiger charge is 2.41. The van der Waals surface area contributed by atoms with Crippen molar-refractivity contribution in [3.05, 3.63) is 0 Å². The summed E-state index contributed by atoms with van der Waals surface area (Å²) in [5.74, 6) is 10.2. The van der Waals surface area contributed by atoms with E-state index < -0.39 is 0 Å². The lowest BCUT2D eigenvalue weighted by atomic mass is 9.58. The fraction of sp³-hybridized carbons (Fsp3) is 1.00. The summed E-state index contributed by atoms with van der Waals surface area (Å²) in [6, 6.07) is 0. The van der Waals surface area contributed by atoms with E-state index >= 15 is 0 Å². The van der Waals surface area contributed by atoms with Crippen molar-refractivity contribution >= 4 is 0 Å². The lowest BCUT2D eigenvalue weighted by molar-refractivity contribution is 0.0401. The van der Waals surface area contributed by atoms with E-state index in [-0.39, 0.29) is 0 Å². The van der Waals surface area contributed by atoms with Crippen molar-refractivity contribution in [2.75, 3.05) is 0 Å². The van der Waals surface area contributed by atoms with E-state index in [9.17, 15) is 0 Å². The maximum absolute atomic E-state index is 2.68. The maximum Gasteiger partial charge on any atom is -0.0297 e. The van der Waals surface area contributed by atoms with Crippen LogP contribution in [0, 0.1) is 70.0 Å². The first-order valence-corrected chi connectivity index (χ1v) is 21.2. The molecule has 0 heteroatoms. The molecule has 0 aromatic carbocycles. The molecule has 4 unspecified atom stereocenters. The predicted octanol–water partition coefficient (Wildman–Crippen LogP) is 14.5. The maximum atomic E-state index is 2.68. The van der Waals surface area contributed by atoms with Crippen LogP contribution in [0.25, 0.3) is 0 Å². The van der Waals surface area contributed by atoms with Gasteiger partial charge in [0, 0.05) is 0 Å². The van der Waals surface area contributed by atoms with Crippen molar-refractivity contribution in [1.29, 1.82) is 0 Å². The monoisotopic (exact) mass is 609 g/mol. The number of rotatable bonds is 14. The van der Waals surface area contributed by atoms with Gasteiger partial charge in [0.1, 0.15) is 0 Å². The Bertz CT molecular complexity index is 788. The molecular weight excluding hydrogens is 528 g/mol. The van der Waals surface area contributed by atoms with Gasteiger partial charge in [-0.2, -0.15) is 0 Å². The Balaban J connectivity index is 1.02. The summed E-state index contributed by atoms with van der Waals surface area (Å²) in [6.45, 7) is 15.3. The molecule has 6 atom stereocenters. The normalized spacial score (nSPS) is 35.3. The highest BCUT2D eigenvalue weighted by Crippen LogP contribution is 2.54. The Morgan fingerprint density at radius 3 is 1.86 bits per heavy atom. The molecule has 0 aliphatic heterocycles. The molecule has 0 radical (unpaired) electrons. The fourth-order valence-corrected chi connectivity index (χ4v) is 12.1. The largest absolute Gasteiger partial charge is 0.0654 e. The van der Waals surface area contributed by atoms with E-state index in [1.165, 1.54) is 77.0 Å². The number of hydrogen-bond donors (Lipinski definition) is 0. The van der Waals surface area contributed by atoms with E-state index in [4.69, 9.17) is 0 Å². The van der Waals surface area contributed by atoms with E-state index in [1.54, 1.807) is 89.9 Å². The zero-order valence-corrected chi connectivity index (χ0v) is 31.2. The van der Waals surface area contributed by atoms with Gasteiger partial charge in [-0.3, -0.25) is 0 Å². The van der Waals surface area contributed by atoms with Gasteiger partial charge in [0.2, 0.25) is 0 Å². The average molecular weight is 609 g/mol. The van der Waals surface area contributed by atoms with Crippen LogP contribution in [0.4, 0.5) is 0 Å². The lowest BCUT2D eigenvalue weighted by Crippen LogP contribution is -2.35. The van der Waals surface area contributed by atoms with E-state index in [0.717, 1.165) is 64.6 Å². The minimum Gasteiger partial charge on any atom is -0.0654 e. The van der Waals surface area contributed by atoms with Gasteiger partial charge in [0.15, 0.2) is 0 Å². The van der Waals surface area contributed by atoms with Crippen molar-refractivity contribution < 1.29 is 0 Å². The van der Waals surface area contributed by atoms with Crippen LogP contribution in [0.1, 0.15) is 208 Å².